The Balaban J connectivity index is 1.61. The van der Waals surface area contributed by atoms with Crippen LogP contribution in [0.25, 0.3) is 0 Å². The Morgan fingerprint density at radius 2 is 2.35 bits per heavy atom. The topological polar surface area (TPSA) is 55.3 Å². The molecular weight excluding hydrogens is 298 g/mol. The minimum Gasteiger partial charge on any atom is -0.471 e. The third-order valence-electron chi connectivity index (χ3n) is 3.05. The molecule has 0 aliphatic carbocycles. The molecule has 3 heterocycles. The molecule has 1 unspecified atom stereocenters. The lowest BCUT2D eigenvalue weighted by molar-refractivity contribution is 0.0775. The van der Waals surface area contributed by atoms with E-state index in [-0.39, 0.29) is 12.0 Å². The van der Waals surface area contributed by atoms with Gasteiger partial charge in [-0.25, -0.2) is 0 Å². The number of halogens is 1. The second-order valence-electron chi connectivity index (χ2n) is 4.45. The van der Waals surface area contributed by atoms with Gasteiger partial charge in [0.1, 0.15) is 6.10 Å². The number of ether oxygens (including phenoxy) is 1. The molecule has 0 aromatic carbocycles. The molecule has 0 radical (unpaired) electrons. The Hall–Kier alpha value is -1.66. The van der Waals surface area contributed by atoms with E-state index in [9.17, 15) is 4.79 Å². The van der Waals surface area contributed by atoms with Gasteiger partial charge in [-0.1, -0.05) is 11.6 Å². The predicted octanol–water partition coefficient (Wildman–Crippen LogP) is 2.49. The normalized spacial score (nSPS) is 18.2. The lowest BCUT2D eigenvalue weighted by Gasteiger charge is -2.15. The van der Waals surface area contributed by atoms with Crippen LogP contribution in [0.1, 0.15) is 16.1 Å². The summed E-state index contributed by atoms with van der Waals surface area (Å²) in [6.45, 7) is 1.24. The Kier molecular flexibility index (Phi) is 3.84. The highest BCUT2D eigenvalue weighted by atomic mass is 35.5. The van der Waals surface area contributed by atoms with Crippen molar-refractivity contribution in [2.75, 3.05) is 13.1 Å². The maximum absolute atomic E-state index is 12.3. The number of carbonyl (C=O) groups excluding carboxylic acids is 1. The zero-order chi connectivity index (χ0) is 13.9. The van der Waals surface area contributed by atoms with Gasteiger partial charge in [-0.3, -0.25) is 4.79 Å². The molecule has 1 aliphatic rings. The summed E-state index contributed by atoms with van der Waals surface area (Å²) in [5, 5.41) is 7.65. The average molecular weight is 310 g/mol. The van der Waals surface area contributed by atoms with Gasteiger partial charge >= 0.3 is 0 Å². The molecule has 0 bridgehead atoms. The van der Waals surface area contributed by atoms with Crippen LogP contribution in [0.3, 0.4) is 0 Å². The minimum atomic E-state index is -0.0360. The first-order valence-electron chi connectivity index (χ1n) is 6.21. The number of aromatic nitrogens is 2. The van der Waals surface area contributed by atoms with Crippen molar-refractivity contribution in [1.82, 2.24) is 15.1 Å². The van der Waals surface area contributed by atoms with Crippen LogP contribution in [-0.2, 0) is 0 Å². The molecule has 5 nitrogen and oxygen atoms in total. The van der Waals surface area contributed by atoms with Crippen LogP contribution in [0.4, 0.5) is 0 Å². The number of hydrogen-bond donors (Lipinski definition) is 0. The fourth-order valence-electron chi connectivity index (χ4n) is 2.11. The number of rotatable bonds is 3. The van der Waals surface area contributed by atoms with E-state index in [0.717, 1.165) is 6.42 Å². The summed E-state index contributed by atoms with van der Waals surface area (Å²) in [4.78, 5) is 14.7. The second kappa shape index (κ2) is 5.76. The number of nitrogens with zero attached hydrogens (tertiary/aromatic N) is 3. The highest BCUT2D eigenvalue weighted by Crippen LogP contribution is 2.25. The Bertz CT molecular complexity index is 605. The fourth-order valence-corrected chi connectivity index (χ4v) is 3.13. The van der Waals surface area contributed by atoms with Crippen LogP contribution in [-0.4, -0.2) is 40.2 Å². The molecular formula is C13H12ClN3O2S. The standard InChI is InChI=1S/C13H12ClN3O2S/c14-11-4-3-10(20-11)13(18)17-7-5-9(8-17)19-12-2-1-6-15-16-12/h1-4,6,9H,5,7-8H2. The molecule has 104 valence electrons. The van der Waals surface area contributed by atoms with Crippen molar-refractivity contribution in [2.45, 2.75) is 12.5 Å². The Labute approximate surface area is 125 Å². The van der Waals surface area contributed by atoms with E-state index in [1.54, 1.807) is 35.4 Å². The van der Waals surface area contributed by atoms with Crippen molar-refractivity contribution in [3.05, 3.63) is 39.7 Å². The number of thiophene rings is 1. The van der Waals surface area contributed by atoms with Crippen LogP contribution in [0.15, 0.2) is 30.5 Å². The van der Waals surface area contributed by atoms with Crippen molar-refractivity contribution < 1.29 is 9.53 Å². The summed E-state index contributed by atoms with van der Waals surface area (Å²) >= 11 is 7.15. The van der Waals surface area contributed by atoms with Crippen molar-refractivity contribution in [3.8, 4) is 5.88 Å². The number of hydrogen-bond acceptors (Lipinski definition) is 5. The van der Waals surface area contributed by atoms with Gasteiger partial charge in [0.05, 0.1) is 15.8 Å². The molecule has 2 aromatic rings. The first-order valence-corrected chi connectivity index (χ1v) is 7.41. The molecule has 20 heavy (non-hydrogen) atoms. The first-order chi connectivity index (χ1) is 9.72. The molecule has 7 heteroatoms. The molecule has 0 N–H and O–H groups in total. The van der Waals surface area contributed by atoms with Crippen LogP contribution in [0.5, 0.6) is 5.88 Å². The molecule has 0 saturated carbocycles. The highest BCUT2D eigenvalue weighted by Gasteiger charge is 2.29. The Morgan fingerprint density at radius 1 is 1.45 bits per heavy atom. The van der Waals surface area contributed by atoms with Crippen LogP contribution in [0, 0.1) is 0 Å². The molecule has 3 rings (SSSR count). The third kappa shape index (κ3) is 2.91. The lowest BCUT2D eigenvalue weighted by Crippen LogP contribution is -2.30. The van der Waals surface area contributed by atoms with E-state index in [1.165, 1.54) is 11.3 Å². The van der Waals surface area contributed by atoms with Crippen molar-refractivity contribution in [2.24, 2.45) is 0 Å². The fraction of sp³-hybridized carbons (Fsp3) is 0.308. The maximum atomic E-state index is 12.3. The largest absolute Gasteiger partial charge is 0.471 e. The molecule has 1 atom stereocenters. The second-order valence-corrected chi connectivity index (χ2v) is 6.16. The van der Waals surface area contributed by atoms with Gasteiger partial charge in [0.2, 0.25) is 5.88 Å². The molecule has 1 aliphatic heterocycles. The van der Waals surface area contributed by atoms with Gasteiger partial charge in [0, 0.05) is 25.2 Å². The highest BCUT2D eigenvalue weighted by molar-refractivity contribution is 7.17. The zero-order valence-corrected chi connectivity index (χ0v) is 12.1. The van der Waals surface area contributed by atoms with Crippen LogP contribution < -0.4 is 4.74 Å². The zero-order valence-electron chi connectivity index (χ0n) is 10.5. The van der Waals surface area contributed by atoms with Gasteiger partial charge in [0.15, 0.2) is 0 Å². The summed E-state index contributed by atoms with van der Waals surface area (Å²) in [7, 11) is 0. The summed E-state index contributed by atoms with van der Waals surface area (Å²) in [6.07, 6.45) is 2.35. The van der Waals surface area contributed by atoms with Gasteiger partial charge < -0.3 is 9.64 Å². The summed E-state index contributed by atoms with van der Waals surface area (Å²) in [5.74, 6) is 0.498. The number of likely N-dealkylation sites (tertiary alicyclic amines) is 1. The van der Waals surface area contributed by atoms with Crippen molar-refractivity contribution in [3.63, 3.8) is 0 Å². The van der Waals surface area contributed by atoms with Crippen molar-refractivity contribution in [1.29, 1.82) is 0 Å². The van der Waals surface area contributed by atoms with E-state index in [4.69, 9.17) is 16.3 Å². The van der Waals surface area contributed by atoms with Crippen molar-refractivity contribution >= 4 is 28.8 Å². The van der Waals surface area contributed by atoms with E-state index in [0.29, 0.717) is 28.2 Å². The lowest BCUT2D eigenvalue weighted by atomic mass is 10.3. The smallest absolute Gasteiger partial charge is 0.264 e. The summed E-state index contributed by atoms with van der Waals surface area (Å²) < 4.78 is 6.33. The summed E-state index contributed by atoms with van der Waals surface area (Å²) in [5.41, 5.74) is 0. The summed E-state index contributed by atoms with van der Waals surface area (Å²) in [6, 6.07) is 7.03. The molecule has 0 spiro atoms. The quantitative estimate of drug-likeness (QED) is 0.874. The van der Waals surface area contributed by atoms with E-state index < -0.39 is 0 Å². The van der Waals surface area contributed by atoms with E-state index >= 15 is 0 Å². The van der Waals surface area contributed by atoms with E-state index in [1.807, 2.05) is 0 Å². The third-order valence-corrected chi connectivity index (χ3v) is 4.27. The Morgan fingerprint density at radius 3 is 3.05 bits per heavy atom. The molecule has 2 aromatic heterocycles. The molecule has 1 fully saturated rings. The molecule has 1 saturated heterocycles. The number of carbonyl (C=O) groups is 1. The monoisotopic (exact) mass is 309 g/mol. The SMILES string of the molecule is O=C(c1ccc(Cl)s1)N1CCC(Oc2cccnn2)C1. The minimum absolute atomic E-state index is 0.00662. The number of amides is 1. The van der Waals surface area contributed by atoms with E-state index in [2.05, 4.69) is 10.2 Å². The van der Waals surface area contributed by atoms with Crippen LogP contribution in [0.2, 0.25) is 4.34 Å². The first kappa shape index (κ1) is 13.3. The molecule has 1 amide bonds. The van der Waals surface area contributed by atoms with Gasteiger partial charge in [0.25, 0.3) is 5.91 Å². The predicted molar refractivity (Wildman–Crippen MR) is 76.3 cm³/mol. The van der Waals surface area contributed by atoms with Gasteiger partial charge in [-0.2, -0.15) is 5.10 Å². The average Bonchev–Trinajstić information content (AvgIpc) is 3.08. The van der Waals surface area contributed by atoms with Gasteiger partial charge in [-0.05, 0) is 18.2 Å². The van der Waals surface area contributed by atoms with Crippen LogP contribution >= 0.6 is 22.9 Å². The maximum Gasteiger partial charge on any atom is 0.264 e. The van der Waals surface area contributed by atoms with Gasteiger partial charge in [-0.15, -0.1) is 16.4 Å².